The number of hydrogen-bond acceptors (Lipinski definition) is 11. The number of ether oxygens (including phenoxy) is 4. The summed E-state index contributed by atoms with van der Waals surface area (Å²) in [6.07, 6.45) is 9.97. The van der Waals surface area contributed by atoms with Gasteiger partial charge in [-0.1, -0.05) is 6.08 Å². The van der Waals surface area contributed by atoms with Crippen molar-refractivity contribution >= 4 is 40.2 Å². The van der Waals surface area contributed by atoms with E-state index in [1.165, 1.54) is 0 Å². The fraction of sp³-hybridized carbons (Fsp3) is 0.639. The number of fused-ring (bicyclic) bond motifs is 2. The molecule has 8 rings (SSSR count). The van der Waals surface area contributed by atoms with Crippen molar-refractivity contribution in [3.63, 3.8) is 0 Å². The Bertz CT molecular complexity index is 1740. The number of piperidine rings is 1. The van der Waals surface area contributed by atoms with E-state index in [2.05, 4.69) is 33.3 Å². The molecule has 1 N–H and O–H groups in total. The average Bonchev–Trinajstić information content (AvgIpc) is 3.84. The normalized spacial score (nSPS) is 25.5. The molecule has 1 spiro atoms. The zero-order chi connectivity index (χ0) is 33.8. The van der Waals surface area contributed by atoms with Gasteiger partial charge in [-0.15, -0.1) is 5.10 Å². The van der Waals surface area contributed by atoms with Crippen molar-refractivity contribution in [2.24, 2.45) is 5.41 Å². The van der Waals surface area contributed by atoms with Crippen LogP contribution in [0.3, 0.4) is 0 Å². The average molecular weight is 673 g/mol. The van der Waals surface area contributed by atoms with Crippen molar-refractivity contribution in [2.75, 3.05) is 55.9 Å². The van der Waals surface area contributed by atoms with Crippen molar-refractivity contribution in [3.8, 4) is 0 Å². The number of anilines is 3. The molecule has 1 amide bonds. The van der Waals surface area contributed by atoms with Gasteiger partial charge in [0, 0.05) is 37.2 Å². The minimum atomic E-state index is -0.559. The molecule has 1 unspecified atom stereocenters. The molecule has 0 radical (unpaired) electrons. The maximum absolute atomic E-state index is 12.8. The second-order valence-electron chi connectivity index (χ2n) is 15.1. The monoisotopic (exact) mass is 672 g/mol. The SMILES string of the molecule is C[C@@H]1OCC2(CCN(c3cnc4c(N5CCCc6nc(C7=CCOC7)ccc65)nn(C5CCCCO5)c4n3)CC2)[C@@H]1NC(=O)OC(C)(C)C. The lowest BCUT2D eigenvalue weighted by molar-refractivity contribution is -0.0368. The first-order valence-electron chi connectivity index (χ1n) is 17.9. The van der Waals surface area contributed by atoms with Crippen molar-refractivity contribution in [1.82, 2.24) is 30.0 Å². The van der Waals surface area contributed by atoms with Gasteiger partial charge in [-0.25, -0.2) is 19.4 Å². The lowest BCUT2D eigenvalue weighted by Crippen LogP contribution is -2.55. The van der Waals surface area contributed by atoms with Gasteiger partial charge in [0.1, 0.15) is 11.4 Å². The van der Waals surface area contributed by atoms with Gasteiger partial charge >= 0.3 is 6.09 Å². The molecule has 0 aromatic carbocycles. The van der Waals surface area contributed by atoms with Crippen LogP contribution in [0.2, 0.25) is 0 Å². The number of nitrogens with zero attached hydrogens (tertiary/aromatic N) is 7. The van der Waals surface area contributed by atoms with E-state index < -0.39 is 11.7 Å². The summed E-state index contributed by atoms with van der Waals surface area (Å²) < 4.78 is 25.5. The number of rotatable bonds is 5. The van der Waals surface area contributed by atoms with E-state index in [9.17, 15) is 4.79 Å². The molecular weight excluding hydrogens is 624 g/mol. The number of carbonyl (C=O) groups excluding carboxylic acids is 1. The van der Waals surface area contributed by atoms with Gasteiger partial charge in [0.25, 0.3) is 0 Å². The Labute approximate surface area is 287 Å². The van der Waals surface area contributed by atoms with E-state index in [1.54, 1.807) is 0 Å². The smallest absolute Gasteiger partial charge is 0.407 e. The van der Waals surface area contributed by atoms with Crippen molar-refractivity contribution in [2.45, 2.75) is 96.6 Å². The Morgan fingerprint density at radius 1 is 1.08 bits per heavy atom. The Morgan fingerprint density at radius 3 is 2.69 bits per heavy atom. The molecule has 262 valence electrons. The van der Waals surface area contributed by atoms with Gasteiger partial charge in [-0.3, -0.25) is 4.98 Å². The molecule has 8 heterocycles. The summed E-state index contributed by atoms with van der Waals surface area (Å²) in [7, 11) is 0. The van der Waals surface area contributed by atoms with Crippen LogP contribution in [0.1, 0.15) is 83.8 Å². The van der Waals surface area contributed by atoms with Gasteiger partial charge in [0.15, 0.2) is 23.2 Å². The Hall–Kier alpha value is -3.81. The third kappa shape index (κ3) is 6.25. The van der Waals surface area contributed by atoms with E-state index in [1.807, 2.05) is 38.6 Å². The number of pyridine rings is 1. The topological polar surface area (TPSA) is 129 Å². The molecule has 13 heteroatoms. The number of alkyl carbamates (subject to hydrolysis) is 1. The standard InChI is InChI=1S/C36H48N8O5/c1-23-31(40-34(45)49-35(2,3)4)36(22-48-23)13-16-42(17-14-36)28-20-37-30-32(39-28)44(29-9-5-6-18-47-29)41-33(30)43-15-7-8-26-27(43)11-10-25(38-26)24-12-19-46-21-24/h10-12,20,23,29,31H,5-9,13-19,21-22H2,1-4H3,(H,40,45)/t23-,29?,31+/m0/s1. The zero-order valence-electron chi connectivity index (χ0n) is 29.1. The van der Waals surface area contributed by atoms with E-state index >= 15 is 0 Å². The number of hydrogen-bond donors (Lipinski definition) is 1. The summed E-state index contributed by atoms with van der Waals surface area (Å²) >= 11 is 0. The molecule has 3 atom stereocenters. The molecule has 0 bridgehead atoms. The van der Waals surface area contributed by atoms with Gasteiger partial charge in [0.2, 0.25) is 0 Å². The van der Waals surface area contributed by atoms with Crippen LogP contribution in [0.5, 0.6) is 0 Å². The van der Waals surface area contributed by atoms with Crippen LogP contribution in [-0.4, -0.2) is 94.6 Å². The first-order valence-corrected chi connectivity index (χ1v) is 17.9. The molecule has 0 saturated carbocycles. The van der Waals surface area contributed by atoms with E-state index in [-0.39, 0.29) is 23.8 Å². The van der Waals surface area contributed by atoms with Gasteiger partial charge in [-0.05, 0) is 84.8 Å². The highest BCUT2D eigenvalue weighted by Gasteiger charge is 2.50. The fourth-order valence-corrected chi connectivity index (χ4v) is 8.07. The molecule has 3 saturated heterocycles. The molecule has 3 aromatic rings. The second kappa shape index (κ2) is 12.8. The molecule has 49 heavy (non-hydrogen) atoms. The third-order valence-corrected chi connectivity index (χ3v) is 10.6. The predicted octanol–water partition coefficient (Wildman–Crippen LogP) is 5.32. The second-order valence-corrected chi connectivity index (χ2v) is 15.1. The highest BCUT2D eigenvalue weighted by Crippen LogP contribution is 2.44. The van der Waals surface area contributed by atoms with E-state index in [4.69, 9.17) is 39.0 Å². The lowest BCUT2D eigenvalue weighted by Gasteiger charge is -2.42. The Balaban J connectivity index is 1.07. The number of carbonyl (C=O) groups is 1. The summed E-state index contributed by atoms with van der Waals surface area (Å²) in [4.78, 5) is 32.7. The van der Waals surface area contributed by atoms with E-state index in [0.717, 1.165) is 110 Å². The molecule has 0 aliphatic carbocycles. The number of nitrogens with one attached hydrogen (secondary N) is 1. The molecule has 3 aromatic heterocycles. The zero-order valence-corrected chi connectivity index (χ0v) is 29.1. The number of aryl methyl sites for hydroxylation is 1. The fourth-order valence-electron chi connectivity index (χ4n) is 8.07. The van der Waals surface area contributed by atoms with Crippen LogP contribution in [0, 0.1) is 5.41 Å². The molecule has 5 aliphatic heterocycles. The molecular formula is C36H48N8O5. The number of amides is 1. The molecule has 13 nitrogen and oxygen atoms in total. The van der Waals surface area contributed by atoms with Gasteiger partial charge in [-0.2, -0.15) is 0 Å². The van der Waals surface area contributed by atoms with Crippen LogP contribution in [0.15, 0.2) is 24.4 Å². The summed E-state index contributed by atoms with van der Waals surface area (Å²) in [5.74, 6) is 1.62. The first-order chi connectivity index (χ1) is 23.7. The van der Waals surface area contributed by atoms with Gasteiger partial charge in [0.05, 0.1) is 55.2 Å². The summed E-state index contributed by atoms with van der Waals surface area (Å²) in [6, 6.07) is 4.14. The molecule has 5 aliphatic rings. The summed E-state index contributed by atoms with van der Waals surface area (Å²) in [5, 5.41) is 8.35. The van der Waals surface area contributed by atoms with Crippen LogP contribution < -0.4 is 15.1 Å². The minimum absolute atomic E-state index is 0.0889. The van der Waals surface area contributed by atoms with Crippen molar-refractivity contribution < 1.29 is 23.7 Å². The van der Waals surface area contributed by atoms with Crippen LogP contribution in [0.25, 0.3) is 16.7 Å². The lowest BCUT2D eigenvalue weighted by atomic mass is 9.73. The molecule has 3 fully saturated rings. The van der Waals surface area contributed by atoms with Crippen molar-refractivity contribution in [1.29, 1.82) is 0 Å². The highest BCUT2D eigenvalue weighted by molar-refractivity contribution is 5.88. The minimum Gasteiger partial charge on any atom is -0.444 e. The third-order valence-electron chi connectivity index (χ3n) is 10.6. The largest absolute Gasteiger partial charge is 0.444 e. The summed E-state index contributed by atoms with van der Waals surface area (Å²) in [5.41, 5.74) is 5.08. The van der Waals surface area contributed by atoms with Crippen LogP contribution in [-0.2, 0) is 25.4 Å². The maximum atomic E-state index is 12.8. The van der Waals surface area contributed by atoms with Crippen LogP contribution in [0.4, 0.5) is 22.1 Å². The summed E-state index contributed by atoms with van der Waals surface area (Å²) in [6.45, 7) is 12.6. The van der Waals surface area contributed by atoms with Crippen molar-refractivity contribution in [3.05, 3.63) is 35.8 Å². The quantitative estimate of drug-likeness (QED) is 0.378. The maximum Gasteiger partial charge on any atom is 0.407 e. The Kier molecular flexibility index (Phi) is 8.48. The number of aromatic nitrogens is 5. The highest BCUT2D eigenvalue weighted by atomic mass is 16.6. The first kappa shape index (κ1) is 32.4. The predicted molar refractivity (Wildman–Crippen MR) is 185 cm³/mol. The van der Waals surface area contributed by atoms with E-state index in [0.29, 0.717) is 26.4 Å². The van der Waals surface area contributed by atoms with Gasteiger partial charge < -0.3 is 34.1 Å². The Morgan fingerprint density at radius 2 is 1.94 bits per heavy atom. The van der Waals surface area contributed by atoms with Crippen LogP contribution >= 0.6 is 0 Å².